The Balaban J connectivity index is 2.30. The summed E-state index contributed by atoms with van der Waals surface area (Å²) >= 11 is 0. The van der Waals surface area contributed by atoms with Crippen molar-refractivity contribution in [3.05, 3.63) is 35.4 Å². The van der Waals surface area contributed by atoms with Crippen molar-refractivity contribution in [2.24, 2.45) is 0 Å². The number of nitrogens with one attached hydrogen (secondary N) is 2. The third-order valence-electron chi connectivity index (χ3n) is 2.60. The molecule has 1 aromatic carbocycles. The van der Waals surface area contributed by atoms with Gasteiger partial charge in [-0.25, -0.2) is 0 Å². The highest BCUT2D eigenvalue weighted by molar-refractivity contribution is 5.95. The molecule has 1 rings (SSSR count). The van der Waals surface area contributed by atoms with Gasteiger partial charge in [0.2, 0.25) is 5.91 Å². The van der Waals surface area contributed by atoms with Gasteiger partial charge in [-0.3, -0.25) is 9.59 Å². The third-order valence-corrected chi connectivity index (χ3v) is 2.60. The fraction of sp³-hybridized carbons (Fsp3) is 0.429. The summed E-state index contributed by atoms with van der Waals surface area (Å²) in [6, 6.07) is 7.43. The van der Waals surface area contributed by atoms with Crippen molar-refractivity contribution in [3.8, 4) is 0 Å². The second kappa shape index (κ2) is 7.48. The number of aryl methyl sites for hydroxylation is 1. The number of carbonyl (C=O) groups is 2. The summed E-state index contributed by atoms with van der Waals surface area (Å²) in [5.41, 5.74) is 1.63. The van der Waals surface area contributed by atoms with Crippen LogP contribution in [0.2, 0.25) is 0 Å². The first-order valence-electron chi connectivity index (χ1n) is 6.25. The molecule has 0 aromatic heterocycles. The highest BCUT2D eigenvalue weighted by Gasteiger charge is 2.07. The molecular weight excluding hydrogens is 228 g/mol. The van der Waals surface area contributed by atoms with E-state index in [-0.39, 0.29) is 11.8 Å². The molecule has 1 aromatic rings. The lowest BCUT2D eigenvalue weighted by molar-refractivity contribution is -0.121. The molecule has 18 heavy (non-hydrogen) atoms. The van der Waals surface area contributed by atoms with E-state index in [0.29, 0.717) is 25.1 Å². The van der Waals surface area contributed by atoms with Crippen LogP contribution < -0.4 is 10.6 Å². The molecule has 98 valence electrons. The van der Waals surface area contributed by atoms with Crippen LogP contribution in [0.5, 0.6) is 0 Å². The molecule has 0 radical (unpaired) electrons. The van der Waals surface area contributed by atoms with Gasteiger partial charge in [0.25, 0.3) is 5.91 Å². The predicted molar refractivity (Wildman–Crippen MR) is 71.4 cm³/mol. The number of hydrogen-bond donors (Lipinski definition) is 2. The minimum absolute atomic E-state index is 0.0302. The van der Waals surface area contributed by atoms with Gasteiger partial charge in [-0.05, 0) is 25.0 Å². The minimum atomic E-state index is -0.0992. The fourth-order valence-corrected chi connectivity index (χ4v) is 1.62. The standard InChI is InChI=1S/C14H20N2O2/c1-3-6-13(17)15-9-10-16-14(18)12-8-5-4-7-11(12)2/h4-5,7-8H,3,6,9-10H2,1-2H3,(H,15,17)(H,16,18). The number of amides is 2. The van der Waals surface area contributed by atoms with E-state index in [1.54, 1.807) is 6.07 Å². The first-order chi connectivity index (χ1) is 8.65. The molecule has 2 amide bonds. The lowest BCUT2D eigenvalue weighted by atomic mass is 10.1. The van der Waals surface area contributed by atoms with Crippen molar-refractivity contribution in [3.63, 3.8) is 0 Å². The molecule has 0 aliphatic carbocycles. The molecule has 0 spiro atoms. The molecule has 4 nitrogen and oxygen atoms in total. The highest BCUT2D eigenvalue weighted by atomic mass is 16.2. The predicted octanol–water partition coefficient (Wildman–Crippen LogP) is 1.64. The van der Waals surface area contributed by atoms with Crippen molar-refractivity contribution >= 4 is 11.8 Å². The van der Waals surface area contributed by atoms with Crippen molar-refractivity contribution in [1.82, 2.24) is 10.6 Å². The van der Waals surface area contributed by atoms with E-state index < -0.39 is 0 Å². The molecule has 0 atom stereocenters. The molecule has 4 heteroatoms. The van der Waals surface area contributed by atoms with E-state index in [9.17, 15) is 9.59 Å². The van der Waals surface area contributed by atoms with Crippen LogP contribution in [0.3, 0.4) is 0 Å². The smallest absolute Gasteiger partial charge is 0.251 e. The van der Waals surface area contributed by atoms with Gasteiger partial charge >= 0.3 is 0 Å². The van der Waals surface area contributed by atoms with Crippen LogP contribution in [0, 0.1) is 6.92 Å². The molecule has 0 unspecified atom stereocenters. The van der Waals surface area contributed by atoms with Crippen molar-refractivity contribution in [1.29, 1.82) is 0 Å². The van der Waals surface area contributed by atoms with Crippen molar-refractivity contribution in [2.75, 3.05) is 13.1 Å². The maximum absolute atomic E-state index is 11.8. The Labute approximate surface area is 108 Å². The van der Waals surface area contributed by atoms with Crippen molar-refractivity contribution < 1.29 is 9.59 Å². The van der Waals surface area contributed by atoms with Crippen molar-refractivity contribution in [2.45, 2.75) is 26.7 Å². The zero-order chi connectivity index (χ0) is 13.4. The average molecular weight is 248 g/mol. The topological polar surface area (TPSA) is 58.2 Å². The molecular formula is C14H20N2O2. The lowest BCUT2D eigenvalue weighted by Gasteiger charge is -2.08. The van der Waals surface area contributed by atoms with E-state index in [1.807, 2.05) is 32.0 Å². The quantitative estimate of drug-likeness (QED) is 0.752. The van der Waals surface area contributed by atoms with Gasteiger partial charge in [0, 0.05) is 25.1 Å². The summed E-state index contributed by atoms with van der Waals surface area (Å²) in [6.45, 7) is 4.77. The molecule has 0 saturated heterocycles. The number of benzene rings is 1. The lowest BCUT2D eigenvalue weighted by Crippen LogP contribution is -2.34. The molecule has 0 saturated carbocycles. The average Bonchev–Trinajstić information content (AvgIpc) is 2.35. The van der Waals surface area contributed by atoms with Crippen LogP contribution >= 0.6 is 0 Å². The van der Waals surface area contributed by atoms with Crippen LogP contribution in [0.4, 0.5) is 0 Å². The Morgan fingerprint density at radius 3 is 2.44 bits per heavy atom. The molecule has 0 heterocycles. The summed E-state index contributed by atoms with van der Waals surface area (Å²) in [6.07, 6.45) is 1.37. The van der Waals surface area contributed by atoms with Gasteiger partial charge in [-0.15, -0.1) is 0 Å². The van der Waals surface area contributed by atoms with E-state index in [4.69, 9.17) is 0 Å². The second-order valence-corrected chi connectivity index (χ2v) is 4.17. The van der Waals surface area contributed by atoms with Crippen LogP contribution in [0.25, 0.3) is 0 Å². The van der Waals surface area contributed by atoms with Crippen LogP contribution in [0.1, 0.15) is 35.7 Å². The van der Waals surface area contributed by atoms with E-state index in [0.717, 1.165) is 12.0 Å². The monoisotopic (exact) mass is 248 g/mol. The van der Waals surface area contributed by atoms with Gasteiger partial charge in [-0.1, -0.05) is 25.1 Å². The van der Waals surface area contributed by atoms with E-state index in [1.165, 1.54) is 0 Å². The molecule has 0 fully saturated rings. The summed E-state index contributed by atoms with van der Waals surface area (Å²) in [4.78, 5) is 23.0. The maximum atomic E-state index is 11.8. The zero-order valence-electron chi connectivity index (χ0n) is 11.0. The van der Waals surface area contributed by atoms with Crippen LogP contribution in [0.15, 0.2) is 24.3 Å². The number of rotatable bonds is 6. The normalized spacial score (nSPS) is 9.89. The summed E-state index contributed by atoms with van der Waals surface area (Å²) < 4.78 is 0. The molecule has 0 bridgehead atoms. The molecule has 0 aliphatic rings. The Hall–Kier alpha value is -1.84. The van der Waals surface area contributed by atoms with Crippen LogP contribution in [-0.4, -0.2) is 24.9 Å². The second-order valence-electron chi connectivity index (χ2n) is 4.17. The largest absolute Gasteiger partial charge is 0.354 e. The van der Waals surface area contributed by atoms with Gasteiger partial charge in [-0.2, -0.15) is 0 Å². The molecule has 2 N–H and O–H groups in total. The van der Waals surface area contributed by atoms with Gasteiger partial charge in [0.15, 0.2) is 0 Å². The van der Waals surface area contributed by atoms with E-state index in [2.05, 4.69) is 10.6 Å². The Morgan fingerprint density at radius 2 is 1.78 bits per heavy atom. The zero-order valence-corrected chi connectivity index (χ0v) is 11.0. The first-order valence-corrected chi connectivity index (χ1v) is 6.25. The van der Waals surface area contributed by atoms with Crippen LogP contribution in [-0.2, 0) is 4.79 Å². The maximum Gasteiger partial charge on any atom is 0.251 e. The Morgan fingerprint density at radius 1 is 1.11 bits per heavy atom. The minimum Gasteiger partial charge on any atom is -0.354 e. The van der Waals surface area contributed by atoms with Gasteiger partial charge in [0.05, 0.1) is 0 Å². The Bertz CT molecular complexity index is 416. The van der Waals surface area contributed by atoms with E-state index >= 15 is 0 Å². The summed E-state index contributed by atoms with van der Waals surface area (Å²) in [5, 5.41) is 5.53. The Kier molecular flexibility index (Phi) is 5.91. The fourth-order valence-electron chi connectivity index (χ4n) is 1.62. The molecule has 0 aliphatic heterocycles. The summed E-state index contributed by atoms with van der Waals surface area (Å²) in [5.74, 6) is -0.0690. The van der Waals surface area contributed by atoms with Gasteiger partial charge in [0.1, 0.15) is 0 Å². The highest BCUT2D eigenvalue weighted by Crippen LogP contribution is 2.05. The number of hydrogen-bond acceptors (Lipinski definition) is 2. The van der Waals surface area contributed by atoms with Gasteiger partial charge < -0.3 is 10.6 Å². The SMILES string of the molecule is CCCC(=O)NCCNC(=O)c1ccccc1C. The summed E-state index contributed by atoms with van der Waals surface area (Å²) in [7, 11) is 0. The first kappa shape index (κ1) is 14.2. The number of carbonyl (C=O) groups excluding carboxylic acids is 2. The third kappa shape index (κ3) is 4.57.